The first-order valence-electron chi connectivity index (χ1n) is 8.28. The molecular formula is C17H19F2N3O3. The number of nitrogens with one attached hydrogen (secondary N) is 1. The monoisotopic (exact) mass is 351 g/mol. The average molecular weight is 351 g/mol. The summed E-state index contributed by atoms with van der Waals surface area (Å²) in [7, 11) is 0. The van der Waals surface area contributed by atoms with Crippen LogP contribution in [0.2, 0.25) is 0 Å². The molecule has 1 aromatic rings. The molecule has 0 bridgehead atoms. The standard InChI is InChI=1S/C17H19F2N3O3/c18-11-2-3-12(13(19)10-11)16(24)21-6-1-7-22(9-8-21)17(25)14-4-5-15(23)20-14/h2-3,10,14H,1,4-9H2,(H,20,23). The number of hydrogen-bond acceptors (Lipinski definition) is 3. The van der Waals surface area contributed by atoms with Gasteiger partial charge in [-0.3, -0.25) is 14.4 Å². The Morgan fingerprint density at radius 3 is 2.48 bits per heavy atom. The lowest BCUT2D eigenvalue weighted by Gasteiger charge is -2.24. The molecule has 0 aromatic heterocycles. The molecule has 25 heavy (non-hydrogen) atoms. The SMILES string of the molecule is O=C1CCC(C(=O)N2CCCN(C(=O)c3ccc(F)cc3F)CC2)N1. The van der Waals surface area contributed by atoms with Gasteiger partial charge in [0.25, 0.3) is 5.91 Å². The topological polar surface area (TPSA) is 69.7 Å². The molecule has 2 saturated heterocycles. The molecule has 134 valence electrons. The number of carbonyl (C=O) groups excluding carboxylic acids is 3. The maximum absolute atomic E-state index is 13.8. The van der Waals surface area contributed by atoms with Crippen molar-refractivity contribution in [1.82, 2.24) is 15.1 Å². The van der Waals surface area contributed by atoms with Crippen molar-refractivity contribution in [2.24, 2.45) is 0 Å². The Labute approximate surface area is 143 Å². The van der Waals surface area contributed by atoms with Crippen LogP contribution in [0.5, 0.6) is 0 Å². The van der Waals surface area contributed by atoms with E-state index < -0.39 is 23.6 Å². The highest BCUT2D eigenvalue weighted by Gasteiger charge is 2.32. The van der Waals surface area contributed by atoms with E-state index in [4.69, 9.17) is 0 Å². The van der Waals surface area contributed by atoms with E-state index in [1.54, 1.807) is 4.90 Å². The van der Waals surface area contributed by atoms with Gasteiger partial charge in [0, 0.05) is 38.7 Å². The third-order valence-electron chi connectivity index (χ3n) is 4.55. The van der Waals surface area contributed by atoms with Gasteiger partial charge in [-0.1, -0.05) is 0 Å². The molecule has 6 nitrogen and oxygen atoms in total. The first-order chi connectivity index (χ1) is 12.0. The summed E-state index contributed by atoms with van der Waals surface area (Å²) in [5.74, 6) is -2.41. The van der Waals surface area contributed by atoms with E-state index in [-0.39, 0.29) is 23.9 Å². The minimum Gasteiger partial charge on any atom is -0.344 e. The first-order valence-corrected chi connectivity index (χ1v) is 8.28. The van der Waals surface area contributed by atoms with Crippen molar-refractivity contribution in [1.29, 1.82) is 0 Å². The van der Waals surface area contributed by atoms with Crippen molar-refractivity contribution < 1.29 is 23.2 Å². The predicted octanol–water partition coefficient (Wildman–Crippen LogP) is 0.918. The summed E-state index contributed by atoms with van der Waals surface area (Å²) in [5, 5.41) is 2.65. The molecule has 2 aliphatic rings. The fourth-order valence-corrected chi connectivity index (χ4v) is 3.19. The van der Waals surface area contributed by atoms with E-state index in [1.807, 2.05) is 0 Å². The van der Waals surface area contributed by atoms with Crippen LogP contribution in [0.4, 0.5) is 8.78 Å². The predicted molar refractivity (Wildman–Crippen MR) is 84.6 cm³/mol. The second kappa shape index (κ2) is 7.16. The Morgan fingerprint density at radius 2 is 1.80 bits per heavy atom. The number of amides is 3. The minimum absolute atomic E-state index is 0.128. The van der Waals surface area contributed by atoms with E-state index in [1.165, 1.54) is 4.90 Å². The summed E-state index contributed by atoms with van der Waals surface area (Å²) >= 11 is 0. The molecule has 2 heterocycles. The van der Waals surface area contributed by atoms with Gasteiger partial charge < -0.3 is 15.1 Å². The Hall–Kier alpha value is -2.51. The van der Waals surface area contributed by atoms with Crippen LogP contribution < -0.4 is 5.32 Å². The van der Waals surface area contributed by atoms with Crippen molar-refractivity contribution in [2.45, 2.75) is 25.3 Å². The summed E-state index contributed by atoms with van der Waals surface area (Å²) in [6, 6.07) is 2.37. The molecule has 0 saturated carbocycles. The highest BCUT2D eigenvalue weighted by Crippen LogP contribution is 2.16. The smallest absolute Gasteiger partial charge is 0.256 e. The Bertz CT molecular complexity index is 710. The van der Waals surface area contributed by atoms with Crippen molar-refractivity contribution in [2.75, 3.05) is 26.2 Å². The van der Waals surface area contributed by atoms with E-state index in [0.717, 1.165) is 12.1 Å². The van der Waals surface area contributed by atoms with Crippen LogP contribution >= 0.6 is 0 Å². The van der Waals surface area contributed by atoms with Gasteiger partial charge >= 0.3 is 0 Å². The third kappa shape index (κ3) is 3.78. The number of halogens is 2. The van der Waals surface area contributed by atoms with Gasteiger partial charge in [-0.2, -0.15) is 0 Å². The van der Waals surface area contributed by atoms with Crippen LogP contribution in [-0.4, -0.2) is 59.7 Å². The lowest BCUT2D eigenvalue weighted by molar-refractivity contribution is -0.134. The normalized spacial score (nSPS) is 21.0. The van der Waals surface area contributed by atoms with Gasteiger partial charge in [-0.05, 0) is 25.0 Å². The maximum Gasteiger partial charge on any atom is 0.256 e. The molecule has 0 spiro atoms. The van der Waals surface area contributed by atoms with E-state index in [2.05, 4.69) is 5.32 Å². The Morgan fingerprint density at radius 1 is 1.08 bits per heavy atom. The van der Waals surface area contributed by atoms with Gasteiger partial charge in [0.15, 0.2) is 0 Å². The number of benzene rings is 1. The molecular weight excluding hydrogens is 332 g/mol. The van der Waals surface area contributed by atoms with Crippen molar-refractivity contribution >= 4 is 17.7 Å². The van der Waals surface area contributed by atoms with Crippen molar-refractivity contribution in [3.63, 3.8) is 0 Å². The summed E-state index contributed by atoms with van der Waals surface area (Å²) < 4.78 is 26.8. The number of hydrogen-bond donors (Lipinski definition) is 1. The first kappa shape index (κ1) is 17.3. The van der Waals surface area contributed by atoms with Crippen LogP contribution in [0.3, 0.4) is 0 Å². The maximum atomic E-state index is 13.8. The van der Waals surface area contributed by atoms with Gasteiger partial charge in [-0.15, -0.1) is 0 Å². The summed E-state index contributed by atoms with van der Waals surface area (Å²) in [4.78, 5) is 39.3. The average Bonchev–Trinajstić information content (AvgIpc) is 2.86. The van der Waals surface area contributed by atoms with Crippen molar-refractivity contribution in [3.8, 4) is 0 Å². The van der Waals surface area contributed by atoms with Gasteiger partial charge in [0.05, 0.1) is 5.56 Å². The Kier molecular flexibility index (Phi) is 4.96. The Balaban J connectivity index is 1.64. The van der Waals surface area contributed by atoms with Gasteiger partial charge in [0.1, 0.15) is 17.7 Å². The van der Waals surface area contributed by atoms with Gasteiger partial charge in [0.2, 0.25) is 11.8 Å². The molecule has 8 heteroatoms. The summed E-state index contributed by atoms with van der Waals surface area (Å²) in [5.41, 5.74) is -0.177. The lowest BCUT2D eigenvalue weighted by Crippen LogP contribution is -2.46. The second-order valence-electron chi connectivity index (χ2n) is 6.25. The molecule has 3 rings (SSSR count). The largest absolute Gasteiger partial charge is 0.344 e. The van der Waals surface area contributed by atoms with E-state index in [0.29, 0.717) is 45.0 Å². The molecule has 0 aliphatic carbocycles. The molecule has 1 aromatic carbocycles. The van der Waals surface area contributed by atoms with E-state index >= 15 is 0 Å². The van der Waals surface area contributed by atoms with Crippen LogP contribution in [0.25, 0.3) is 0 Å². The molecule has 1 unspecified atom stereocenters. The zero-order chi connectivity index (χ0) is 18.0. The second-order valence-corrected chi connectivity index (χ2v) is 6.25. The number of carbonyl (C=O) groups is 3. The number of rotatable bonds is 2. The van der Waals surface area contributed by atoms with E-state index in [9.17, 15) is 23.2 Å². The minimum atomic E-state index is -0.893. The van der Waals surface area contributed by atoms with Crippen LogP contribution in [0, 0.1) is 11.6 Å². The highest BCUT2D eigenvalue weighted by molar-refractivity contribution is 5.94. The molecule has 1 atom stereocenters. The molecule has 1 N–H and O–H groups in total. The summed E-state index contributed by atoms with van der Waals surface area (Å²) in [6.45, 7) is 1.44. The zero-order valence-electron chi connectivity index (χ0n) is 13.6. The number of nitrogens with zero attached hydrogens (tertiary/aromatic N) is 2. The lowest BCUT2D eigenvalue weighted by atomic mass is 10.1. The zero-order valence-corrected chi connectivity index (χ0v) is 13.6. The fourth-order valence-electron chi connectivity index (χ4n) is 3.19. The fraction of sp³-hybridized carbons (Fsp3) is 0.471. The third-order valence-corrected chi connectivity index (χ3v) is 4.55. The van der Waals surface area contributed by atoms with Gasteiger partial charge in [-0.25, -0.2) is 8.78 Å². The quantitative estimate of drug-likeness (QED) is 0.861. The highest BCUT2D eigenvalue weighted by atomic mass is 19.1. The van der Waals surface area contributed by atoms with Crippen LogP contribution in [0.15, 0.2) is 18.2 Å². The van der Waals surface area contributed by atoms with Crippen LogP contribution in [-0.2, 0) is 9.59 Å². The molecule has 0 radical (unpaired) electrons. The molecule has 3 amide bonds. The molecule has 2 aliphatic heterocycles. The van der Waals surface area contributed by atoms with Crippen molar-refractivity contribution in [3.05, 3.63) is 35.4 Å². The summed E-state index contributed by atoms with van der Waals surface area (Å²) in [6.07, 6.45) is 1.39. The van der Waals surface area contributed by atoms with Crippen LogP contribution in [0.1, 0.15) is 29.6 Å². The molecule has 2 fully saturated rings.